The van der Waals surface area contributed by atoms with Crippen molar-refractivity contribution in [2.75, 3.05) is 11.9 Å². The van der Waals surface area contributed by atoms with Crippen LogP contribution in [-0.2, 0) is 4.74 Å². The fourth-order valence-electron chi connectivity index (χ4n) is 2.29. The van der Waals surface area contributed by atoms with Crippen LogP contribution in [0.25, 0.3) is 10.1 Å². The molecule has 0 saturated carbocycles. The van der Waals surface area contributed by atoms with Crippen molar-refractivity contribution >= 4 is 38.3 Å². The molecule has 5 nitrogen and oxygen atoms in total. The van der Waals surface area contributed by atoms with Crippen LogP contribution in [-0.4, -0.2) is 18.5 Å². The summed E-state index contributed by atoms with van der Waals surface area (Å²) in [4.78, 5) is 24.7. The number of amides is 1. The largest absolute Gasteiger partial charge is 0.462 e. The van der Waals surface area contributed by atoms with Crippen LogP contribution in [0.2, 0.25) is 0 Å². The molecule has 3 aromatic rings. The third-order valence-electron chi connectivity index (χ3n) is 3.50. The van der Waals surface area contributed by atoms with Crippen LogP contribution in [0.4, 0.5) is 5.00 Å². The van der Waals surface area contributed by atoms with Gasteiger partial charge in [-0.05, 0) is 24.6 Å². The molecule has 0 saturated heterocycles. The third-order valence-corrected chi connectivity index (χ3v) is 4.59. The highest BCUT2D eigenvalue weighted by Gasteiger charge is 2.22. The number of hydrogen-bond donors (Lipinski definition) is 1. The van der Waals surface area contributed by atoms with Crippen molar-refractivity contribution in [3.05, 3.63) is 54.0 Å². The smallest absolute Gasteiger partial charge is 0.341 e. The zero-order valence-corrected chi connectivity index (χ0v) is 14.0. The Morgan fingerprint density at radius 2 is 2.04 bits per heavy atom. The molecule has 0 aliphatic heterocycles. The van der Waals surface area contributed by atoms with Gasteiger partial charge < -0.3 is 14.5 Å². The number of benzene rings is 1. The number of ether oxygens (including phenoxy) is 1. The van der Waals surface area contributed by atoms with Gasteiger partial charge in [0.1, 0.15) is 10.6 Å². The van der Waals surface area contributed by atoms with E-state index < -0.39 is 11.9 Å². The number of anilines is 1. The van der Waals surface area contributed by atoms with E-state index in [0.29, 0.717) is 17.2 Å². The molecule has 1 N–H and O–H groups in total. The lowest BCUT2D eigenvalue weighted by Gasteiger charge is -2.06. The molecule has 2 aromatic heterocycles. The lowest BCUT2D eigenvalue weighted by atomic mass is 10.1. The Balaban J connectivity index is 1.92. The van der Waals surface area contributed by atoms with Gasteiger partial charge in [0.2, 0.25) is 0 Å². The van der Waals surface area contributed by atoms with E-state index in [-0.39, 0.29) is 5.76 Å². The fourth-order valence-corrected chi connectivity index (χ4v) is 3.38. The summed E-state index contributed by atoms with van der Waals surface area (Å²) in [7, 11) is 0. The van der Waals surface area contributed by atoms with Crippen molar-refractivity contribution in [1.82, 2.24) is 0 Å². The van der Waals surface area contributed by atoms with Crippen molar-refractivity contribution in [2.45, 2.75) is 19.8 Å². The molecule has 0 aliphatic carbocycles. The lowest BCUT2D eigenvalue weighted by molar-refractivity contribution is 0.0503. The zero-order valence-electron chi connectivity index (χ0n) is 13.2. The summed E-state index contributed by atoms with van der Waals surface area (Å²) in [5, 5.41) is 4.01. The van der Waals surface area contributed by atoms with Gasteiger partial charge in [0.05, 0.1) is 12.9 Å². The molecule has 0 spiro atoms. The molecule has 1 amide bonds. The molecular weight excluding hydrogens is 326 g/mol. The van der Waals surface area contributed by atoms with Gasteiger partial charge in [0, 0.05) is 10.1 Å². The average molecular weight is 343 g/mol. The van der Waals surface area contributed by atoms with Crippen molar-refractivity contribution in [1.29, 1.82) is 0 Å². The topological polar surface area (TPSA) is 68.5 Å². The molecule has 1 aromatic carbocycles. The standard InChI is InChI=1S/C18H17NO4S/c1-2-3-10-23-18(21)15-12-7-4-5-9-14(12)24-17(15)19-16(20)13-8-6-11-22-13/h4-9,11H,2-3,10H2,1H3,(H,19,20). The molecule has 0 aliphatic rings. The number of thiophene rings is 1. The van der Waals surface area contributed by atoms with E-state index in [9.17, 15) is 9.59 Å². The number of carbonyl (C=O) groups excluding carboxylic acids is 2. The summed E-state index contributed by atoms with van der Waals surface area (Å²) in [5.41, 5.74) is 0.395. The van der Waals surface area contributed by atoms with Gasteiger partial charge in [-0.25, -0.2) is 4.79 Å². The highest BCUT2D eigenvalue weighted by Crippen LogP contribution is 2.36. The Morgan fingerprint density at radius 3 is 2.79 bits per heavy atom. The van der Waals surface area contributed by atoms with E-state index in [1.54, 1.807) is 12.1 Å². The first-order valence-corrected chi connectivity index (χ1v) is 8.56. The molecule has 0 atom stereocenters. The van der Waals surface area contributed by atoms with E-state index >= 15 is 0 Å². The van der Waals surface area contributed by atoms with Crippen LogP contribution in [0.15, 0.2) is 47.1 Å². The Hall–Kier alpha value is -2.60. The third kappa shape index (κ3) is 3.33. The van der Waals surface area contributed by atoms with E-state index in [4.69, 9.17) is 9.15 Å². The maximum Gasteiger partial charge on any atom is 0.341 e. The number of unbranched alkanes of at least 4 members (excludes halogenated alkanes) is 1. The summed E-state index contributed by atoms with van der Waals surface area (Å²) >= 11 is 1.34. The minimum Gasteiger partial charge on any atom is -0.462 e. The number of esters is 1. The Bertz CT molecular complexity index is 851. The van der Waals surface area contributed by atoms with Crippen molar-refractivity contribution < 1.29 is 18.7 Å². The SMILES string of the molecule is CCCCOC(=O)c1c(NC(=O)c2ccco2)sc2ccccc12. The second-order valence-electron chi connectivity index (χ2n) is 5.22. The molecule has 0 fully saturated rings. The van der Waals surface area contributed by atoms with E-state index in [1.165, 1.54) is 17.6 Å². The van der Waals surface area contributed by atoms with E-state index in [2.05, 4.69) is 5.32 Å². The van der Waals surface area contributed by atoms with Gasteiger partial charge in [-0.1, -0.05) is 31.5 Å². The summed E-state index contributed by atoms with van der Waals surface area (Å²) in [5.74, 6) is -0.623. The molecule has 0 bridgehead atoms. The van der Waals surface area contributed by atoms with Gasteiger partial charge in [-0.3, -0.25) is 4.79 Å². The number of fused-ring (bicyclic) bond motifs is 1. The predicted molar refractivity (Wildman–Crippen MR) is 93.7 cm³/mol. The second kappa shape index (κ2) is 7.31. The summed E-state index contributed by atoms with van der Waals surface area (Å²) in [6.45, 7) is 2.40. The molecule has 124 valence electrons. The van der Waals surface area contributed by atoms with E-state index in [0.717, 1.165) is 22.9 Å². The first kappa shape index (κ1) is 16.3. The molecule has 0 unspecified atom stereocenters. The summed E-state index contributed by atoms with van der Waals surface area (Å²) in [6.07, 6.45) is 3.18. The van der Waals surface area contributed by atoms with Crippen LogP contribution in [0.3, 0.4) is 0 Å². The highest BCUT2D eigenvalue weighted by molar-refractivity contribution is 7.23. The van der Waals surface area contributed by atoms with Gasteiger partial charge >= 0.3 is 5.97 Å². The van der Waals surface area contributed by atoms with Gasteiger partial charge in [0.15, 0.2) is 5.76 Å². The van der Waals surface area contributed by atoms with Crippen LogP contribution in [0.5, 0.6) is 0 Å². The Morgan fingerprint density at radius 1 is 1.21 bits per heavy atom. The molecule has 3 rings (SSSR count). The number of hydrogen-bond acceptors (Lipinski definition) is 5. The molecule has 24 heavy (non-hydrogen) atoms. The van der Waals surface area contributed by atoms with E-state index in [1.807, 2.05) is 31.2 Å². The quantitative estimate of drug-likeness (QED) is 0.520. The van der Waals surface area contributed by atoms with Crippen LogP contribution < -0.4 is 5.32 Å². The maximum absolute atomic E-state index is 12.5. The number of carbonyl (C=O) groups is 2. The first-order valence-electron chi connectivity index (χ1n) is 7.74. The lowest BCUT2D eigenvalue weighted by Crippen LogP contribution is -2.14. The van der Waals surface area contributed by atoms with Crippen LogP contribution >= 0.6 is 11.3 Å². The summed E-state index contributed by atoms with van der Waals surface area (Å²) in [6, 6.07) is 10.7. The maximum atomic E-state index is 12.5. The Kier molecular flexibility index (Phi) is 4.96. The fraction of sp³-hybridized carbons (Fsp3) is 0.222. The van der Waals surface area contributed by atoms with Crippen molar-refractivity contribution in [3.63, 3.8) is 0 Å². The Labute approximate surface area is 143 Å². The van der Waals surface area contributed by atoms with Crippen molar-refractivity contribution in [2.24, 2.45) is 0 Å². The minimum absolute atomic E-state index is 0.192. The van der Waals surface area contributed by atoms with Crippen LogP contribution in [0, 0.1) is 0 Å². The molecule has 6 heteroatoms. The minimum atomic E-state index is -0.421. The monoisotopic (exact) mass is 343 g/mol. The number of nitrogens with one attached hydrogen (secondary N) is 1. The van der Waals surface area contributed by atoms with Gasteiger partial charge in [0.25, 0.3) is 5.91 Å². The molecule has 0 radical (unpaired) electrons. The normalized spacial score (nSPS) is 10.7. The van der Waals surface area contributed by atoms with Gasteiger partial charge in [-0.2, -0.15) is 0 Å². The first-order chi connectivity index (χ1) is 11.7. The predicted octanol–water partition coefficient (Wildman–Crippen LogP) is 4.70. The van der Waals surface area contributed by atoms with Crippen LogP contribution in [0.1, 0.15) is 40.7 Å². The van der Waals surface area contributed by atoms with Crippen molar-refractivity contribution in [3.8, 4) is 0 Å². The second-order valence-corrected chi connectivity index (χ2v) is 6.28. The van der Waals surface area contributed by atoms with Gasteiger partial charge in [-0.15, -0.1) is 11.3 Å². The molecule has 2 heterocycles. The average Bonchev–Trinajstić information content (AvgIpc) is 3.22. The molecular formula is C18H17NO4S. The number of furan rings is 1. The zero-order chi connectivity index (χ0) is 16.9. The number of rotatable bonds is 6. The highest BCUT2D eigenvalue weighted by atomic mass is 32.1. The summed E-state index contributed by atoms with van der Waals surface area (Å²) < 4.78 is 11.4.